The first-order valence-electron chi connectivity index (χ1n) is 10.1. The van der Waals surface area contributed by atoms with Crippen molar-refractivity contribution in [1.82, 2.24) is 10.2 Å². The van der Waals surface area contributed by atoms with E-state index in [2.05, 4.69) is 12.2 Å². The van der Waals surface area contributed by atoms with Gasteiger partial charge in [0.15, 0.2) is 0 Å². The van der Waals surface area contributed by atoms with Gasteiger partial charge >= 0.3 is 0 Å². The van der Waals surface area contributed by atoms with Crippen molar-refractivity contribution in [2.24, 2.45) is 11.8 Å². The minimum absolute atomic E-state index is 0.00356. The van der Waals surface area contributed by atoms with E-state index in [4.69, 9.17) is 4.74 Å². The molecule has 0 heterocycles. The molecular formula is C22H34N2O3. The molecule has 1 fully saturated rings. The Morgan fingerprint density at radius 3 is 2.26 bits per heavy atom. The Labute approximate surface area is 163 Å². The SMILES string of the molecule is CCOc1ccc(C(=O)NC(C(=O)N(C)C2CCC(C)CC2)C(C)C)cc1. The summed E-state index contributed by atoms with van der Waals surface area (Å²) in [6.07, 6.45) is 4.41. The Bertz CT molecular complexity index is 619. The summed E-state index contributed by atoms with van der Waals surface area (Å²) in [5.74, 6) is 1.27. The van der Waals surface area contributed by atoms with E-state index in [1.165, 1.54) is 0 Å². The minimum Gasteiger partial charge on any atom is -0.494 e. The number of hydrogen-bond donors (Lipinski definition) is 1. The molecule has 1 aromatic rings. The Morgan fingerprint density at radius 2 is 1.74 bits per heavy atom. The number of amides is 2. The summed E-state index contributed by atoms with van der Waals surface area (Å²) in [5.41, 5.74) is 0.533. The summed E-state index contributed by atoms with van der Waals surface area (Å²) in [5, 5.41) is 2.94. The van der Waals surface area contributed by atoms with Crippen molar-refractivity contribution in [3.8, 4) is 5.75 Å². The molecule has 2 amide bonds. The van der Waals surface area contributed by atoms with Crippen molar-refractivity contribution in [3.63, 3.8) is 0 Å². The number of rotatable bonds is 7. The first kappa shape index (κ1) is 21.3. The summed E-state index contributed by atoms with van der Waals surface area (Å²) >= 11 is 0. The van der Waals surface area contributed by atoms with Crippen LogP contribution in [0.4, 0.5) is 0 Å². The summed E-state index contributed by atoms with van der Waals surface area (Å²) in [4.78, 5) is 27.6. The molecule has 150 valence electrons. The molecule has 1 atom stereocenters. The maximum Gasteiger partial charge on any atom is 0.251 e. The second kappa shape index (κ2) is 9.77. The minimum atomic E-state index is -0.520. The van der Waals surface area contributed by atoms with Crippen molar-refractivity contribution < 1.29 is 14.3 Å². The van der Waals surface area contributed by atoms with Crippen molar-refractivity contribution in [2.75, 3.05) is 13.7 Å². The number of benzene rings is 1. The molecule has 5 heteroatoms. The van der Waals surface area contributed by atoms with E-state index in [9.17, 15) is 9.59 Å². The van der Waals surface area contributed by atoms with Crippen molar-refractivity contribution in [2.45, 2.75) is 65.5 Å². The highest BCUT2D eigenvalue weighted by Crippen LogP contribution is 2.27. The maximum absolute atomic E-state index is 13.1. The van der Waals surface area contributed by atoms with Crippen LogP contribution in [0.2, 0.25) is 0 Å². The van der Waals surface area contributed by atoms with Crippen LogP contribution >= 0.6 is 0 Å². The fourth-order valence-electron chi connectivity index (χ4n) is 3.64. The van der Waals surface area contributed by atoms with Gasteiger partial charge in [0, 0.05) is 18.7 Å². The lowest BCUT2D eigenvalue weighted by atomic mass is 9.86. The van der Waals surface area contributed by atoms with Gasteiger partial charge in [-0.25, -0.2) is 0 Å². The molecule has 0 aliphatic heterocycles. The third-order valence-electron chi connectivity index (χ3n) is 5.53. The van der Waals surface area contributed by atoms with Gasteiger partial charge in [-0.1, -0.05) is 20.8 Å². The summed E-state index contributed by atoms with van der Waals surface area (Å²) < 4.78 is 5.41. The van der Waals surface area contributed by atoms with E-state index < -0.39 is 6.04 Å². The monoisotopic (exact) mass is 374 g/mol. The quantitative estimate of drug-likeness (QED) is 0.788. The fourth-order valence-corrected chi connectivity index (χ4v) is 3.64. The first-order valence-corrected chi connectivity index (χ1v) is 10.1. The molecular weight excluding hydrogens is 340 g/mol. The van der Waals surface area contributed by atoms with Gasteiger partial charge in [-0.15, -0.1) is 0 Å². The van der Waals surface area contributed by atoms with Crippen LogP contribution in [-0.4, -0.2) is 42.5 Å². The normalized spacial score (nSPS) is 20.8. The highest BCUT2D eigenvalue weighted by molar-refractivity contribution is 5.97. The van der Waals surface area contributed by atoms with Crippen LogP contribution in [0, 0.1) is 11.8 Å². The van der Waals surface area contributed by atoms with E-state index in [1.807, 2.05) is 32.7 Å². The zero-order valence-corrected chi connectivity index (χ0v) is 17.3. The van der Waals surface area contributed by atoms with Crippen LogP contribution in [0.5, 0.6) is 5.75 Å². The second-order valence-electron chi connectivity index (χ2n) is 8.02. The predicted octanol–water partition coefficient (Wildman–Crippen LogP) is 3.88. The average Bonchev–Trinajstić information content (AvgIpc) is 2.66. The summed E-state index contributed by atoms with van der Waals surface area (Å²) in [6, 6.07) is 6.77. The molecule has 0 bridgehead atoms. The van der Waals surface area contributed by atoms with Gasteiger partial charge in [-0.2, -0.15) is 0 Å². The third kappa shape index (κ3) is 5.72. The molecule has 1 aliphatic rings. The Balaban J connectivity index is 2.03. The lowest BCUT2D eigenvalue weighted by Crippen LogP contribution is -2.53. The fraction of sp³-hybridized carbons (Fsp3) is 0.636. The number of likely N-dealkylation sites (N-methyl/N-ethyl adjacent to an activating group) is 1. The van der Waals surface area contributed by atoms with Gasteiger partial charge in [0.1, 0.15) is 11.8 Å². The van der Waals surface area contributed by atoms with Crippen molar-refractivity contribution >= 4 is 11.8 Å². The molecule has 1 N–H and O–H groups in total. The standard InChI is InChI=1S/C22H34N2O3/c1-6-27-19-13-9-17(10-14-19)21(25)23-20(15(2)3)22(26)24(5)18-11-7-16(4)8-12-18/h9-10,13-16,18,20H,6-8,11-12H2,1-5H3,(H,23,25). The van der Waals surface area contributed by atoms with Crippen LogP contribution < -0.4 is 10.1 Å². The lowest BCUT2D eigenvalue weighted by Gasteiger charge is -2.36. The summed E-state index contributed by atoms with van der Waals surface area (Å²) in [7, 11) is 1.88. The molecule has 1 saturated carbocycles. The molecule has 0 radical (unpaired) electrons. The number of nitrogens with one attached hydrogen (secondary N) is 1. The molecule has 27 heavy (non-hydrogen) atoms. The Morgan fingerprint density at radius 1 is 1.15 bits per heavy atom. The highest BCUT2D eigenvalue weighted by atomic mass is 16.5. The Hall–Kier alpha value is -2.04. The van der Waals surface area contributed by atoms with Crippen LogP contribution in [-0.2, 0) is 4.79 Å². The average molecular weight is 375 g/mol. The van der Waals surface area contributed by atoms with Gasteiger partial charge in [-0.3, -0.25) is 9.59 Å². The molecule has 0 spiro atoms. The zero-order chi connectivity index (χ0) is 20.0. The number of nitrogens with zero attached hydrogens (tertiary/aromatic N) is 1. The molecule has 1 unspecified atom stereocenters. The number of carbonyl (C=O) groups is 2. The van der Waals surface area contributed by atoms with E-state index in [1.54, 1.807) is 24.3 Å². The van der Waals surface area contributed by atoms with Crippen LogP contribution in [0.1, 0.15) is 63.7 Å². The third-order valence-corrected chi connectivity index (χ3v) is 5.53. The van der Waals surface area contributed by atoms with Crippen molar-refractivity contribution in [3.05, 3.63) is 29.8 Å². The predicted molar refractivity (Wildman–Crippen MR) is 108 cm³/mol. The van der Waals surface area contributed by atoms with Crippen LogP contribution in [0.15, 0.2) is 24.3 Å². The van der Waals surface area contributed by atoms with Gasteiger partial charge in [0.05, 0.1) is 6.61 Å². The van der Waals surface area contributed by atoms with E-state index in [0.29, 0.717) is 12.2 Å². The molecule has 0 aromatic heterocycles. The second-order valence-corrected chi connectivity index (χ2v) is 8.02. The number of ether oxygens (including phenoxy) is 1. The largest absolute Gasteiger partial charge is 0.494 e. The molecule has 5 nitrogen and oxygen atoms in total. The first-order chi connectivity index (χ1) is 12.8. The maximum atomic E-state index is 13.1. The zero-order valence-electron chi connectivity index (χ0n) is 17.3. The van der Waals surface area contributed by atoms with Crippen molar-refractivity contribution in [1.29, 1.82) is 0 Å². The smallest absolute Gasteiger partial charge is 0.251 e. The number of hydrogen-bond acceptors (Lipinski definition) is 3. The highest BCUT2D eigenvalue weighted by Gasteiger charge is 2.32. The molecule has 0 saturated heterocycles. The van der Waals surface area contributed by atoms with Gasteiger partial charge in [-0.05, 0) is 68.7 Å². The Kier molecular flexibility index (Phi) is 7.69. The number of carbonyl (C=O) groups excluding carboxylic acids is 2. The van der Waals surface area contributed by atoms with E-state index in [0.717, 1.165) is 37.4 Å². The molecule has 1 aromatic carbocycles. The molecule has 2 rings (SSSR count). The lowest BCUT2D eigenvalue weighted by molar-refractivity contribution is -0.135. The van der Waals surface area contributed by atoms with Gasteiger partial charge in [0.2, 0.25) is 5.91 Å². The summed E-state index contributed by atoms with van der Waals surface area (Å²) in [6.45, 7) is 8.71. The molecule has 1 aliphatic carbocycles. The van der Waals surface area contributed by atoms with Crippen LogP contribution in [0.3, 0.4) is 0 Å². The van der Waals surface area contributed by atoms with E-state index >= 15 is 0 Å². The van der Waals surface area contributed by atoms with Crippen LogP contribution in [0.25, 0.3) is 0 Å². The van der Waals surface area contributed by atoms with E-state index in [-0.39, 0.29) is 23.8 Å². The van der Waals surface area contributed by atoms with Gasteiger partial charge < -0.3 is 15.0 Å². The topological polar surface area (TPSA) is 58.6 Å². The van der Waals surface area contributed by atoms with Gasteiger partial charge in [0.25, 0.3) is 5.91 Å².